The number of ether oxygens (including phenoxy) is 1. The highest BCUT2D eigenvalue weighted by Crippen LogP contribution is 2.32. The first-order valence-corrected chi connectivity index (χ1v) is 7.00. The number of rotatable bonds is 2. The highest BCUT2D eigenvalue weighted by molar-refractivity contribution is 9.10. The molecule has 2 atom stereocenters. The van der Waals surface area contributed by atoms with Crippen molar-refractivity contribution in [1.29, 1.82) is 0 Å². The fourth-order valence-corrected chi connectivity index (χ4v) is 3.19. The molecule has 0 radical (unpaired) electrons. The molecule has 0 amide bonds. The van der Waals surface area contributed by atoms with Gasteiger partial charge >= 0.3 is 0 Å². The minimum absolute atomic E-state index is 0.492. The molecule has 2 unspecified atom stereocenters. The zero-order chi connectivity index (χ0) is 12.5. The molecule has 1 N–H and O–H groups in total. The van der Waals surface area contributed by atoms with Crippen molar-refractivity contribution in [1.82, 2.24) is 20.5 Å². The second-order valence-corrected chi connectivity index (χ2v) is 5.47. The van der Waals surface area contributed by atoms with Crippen molar-refractivity contribution in [3.8, 4) is 5.88 Å². The van der Waals surface area contributed by atoms with E-state index in [1.165, 1.54) is 12.8 Å². The number of methoxy groups -OCH3 is 1. The van der Waals surface area contributed by atoms with Crippen LogP contribution in [0.5, 0.6) is 5.88 Å². The lowest BCUT2D eigenvalue weighted by atomic mass is 9.93. The highest BCUT2D eigenvalue weighted by atomic mass is 79.9. The van der Waals surface area contributed by atoms with E-state index < -0.39 is 0 Å². The molecule has 1 aromatic heterocycles. The van der Waals surface area contributed by atoms with Crippen molar-refractivity contribution in [3.63, 3.8) is 0 Å². The van der Waals surface area contributed by atoms with Crippen molar-refractivity contribution >= 4 is 21.9 Å². The van der Waals surface area contributed by atoms with Crippen LogP contribution in [0.2, 0.25) is 0 Å². The summed E-state index contributed by atoms with van der Waals surface area (Å²) >= 11 is 3.28. The summed E-state index contributed by atoms with van der Waals surface area (Å²) in [4.78, 5) is 6.67. The Labute approximate surface area is 114 Å². The lowest BCUT2D eigenvalue weighted by Crippen LogP contribution is -2.46. The SMILES string of the molecule is COc1nc(N2CCC3CCNCC32)nnc1Br. The molecule has 3 rings (SSSR count). The summed E-state index contributed by atoms with van der Waals surface area (Å²) in [5.74, 6) is 1.92. The number of piperidine rings is 1. The molecule has 0 aromatic carbocycles. The minimum Gasteiger partial charge on any atom is -0.479 e. The fraction of sp³-hybridized carbons (Fsp3) is 0.727. The molecule has 0 spiro atoms. The van der Waals surface area contributed by atoms with Crippen LogP contribution in [0.15, 0.2) is 4.60 Å². The molecule has 0 aliphatic carbocycles. The summed E-state index contributed by atoms with van der Waals surface area (Å²) in [5, 5.41) is 11.7. The van der Waals surface area contributed by atoms with E-state index in [1.807, 2.05) is 0 Å². The molecular formula is C11H16BrN5O. The van der Waals surface area contributed by atoms with Gasteiger partial charge in [0.05, 0.1) is 7.11 Å². The number of halogens is 1. The van der Waals surface area contributed by atoms with Crippen LogP contribution in [0, 0.1) is 5.92 Å². The summed E-state index contributed by atoms with van der Waals surface area (Å²) in [6, 6.07) is 0.492. The largest absolute Gasteiger partial charge is 0.479 e. The first-order chi connectivity index (χ1) is 8.79. The second-order valence-electron chi connectivity index (χ2n) is 4.71. The van der Waals surface area contributed by atoms with E-state index in [0.717, 1.165) is 25.6 Å². The molecule has 6 nitrogen and oxygen atoms in total. The van der Waals surface area contributed by atoms with Gasteiger partial charge in [-0.15, -0.1) is 10.2 Å². The van der Waals surface area contributed by atoms with Crippen molar-refractivity contribution in [2.75, 3.05) is 31.6 Å². The highest BCUT2D eigenvalue weighted by Gasteiger charge is 2.37. The Kier molecular flexibility index (Phi) is 3.34. The maximum Gasteiger partial charge on any atom is 0.252 e. The van der Waals surface area contributed by atoms with E-state index in [1.54, 1.807) is 7.11 Å². The van der Waals surface area contributed by atoms with Gasteiger partial charge in [0.15, 0.2) is 4.60 Å². The molecule has 2 saturated heterocycles. The zero-order valence-corrected chi connectivity index (χ0v) is 11.9. The molecule has 18 heavy (non-hydrogen) atoms. The average Bonchev–Trinajstić information content (AvgIpc) is 2.83. The molecule has 1 aromatic rings. The molecule has 2 aliphatic heterocycles. The van der Waals surface area contributed by atoms with Crippen LogP contribution in [0.3, 0.4) is 0 Å². The van der Waals surface area contributed by atoms with E-state index in [-0.39, 0.29) is 0 Å². The number of nitrogens with zero attached hydrogens (tertiary/aromatic N) is 4. The van der Waals surface area contributed by atoms with Gasteiger partial charge in [-0.3, -0.25) is 0 Å². The van der Waals surface area contributed by atoms with Gasteiger partial charge in [-0.05, 0) is 41.2 Å². The lowest BCUT2D eigenvalue weighted by Gasteiger charge is -2.31. The van der Waals surface area contributed by atoms with Gasteiger partial charge in [-0.2, -0.15) is 4.98 Å². The zero-order valence-electron chi connectivity index (χ0n) is 10.3. The van der Waals surface area contributed by atoms with Crippen LogP contribution in [0.4, 0.5) is 5.95 Å². The topological polar surface area (TPSA) is 63.2 Å². The number of hydrogen-bond acceptors (Lipinski definition) is 6. The fourth-order valence-electron chi connectivity index (χ4n) is 2.86. The Bertz CT molecular complexity index is 443. The number of nitrogens with one attached hydrogen (secondary N) is 1. The summed E-state index contributed by atoms with van der Waals surface area (Å²) in [7, 11) is 1.59. The van der Waals surface area contributed by atoms with Crippen LogP contribution in [0.1, 0.15) is 12.8 Å². The summed E-state index contributed by atoms with van der Waals surface area (Å²) < 4.78 is 5.73. The Hall–Kier alpha value is -0.950. The molecule has 98 valence electrons. The Morgan fingerprint density at radius 3 is 3.11 bits per heavy atom. The first kappa shape index (κ1) is 12.1. The van der Waals surface area contributed by atoms with Crippen molar-refractivity contribution in [2.24, 2.45) is 5.92 Å². The number of aromatic nitrogens is 3. The maximum atomic E-state index is 5.18. The predicted octanol–water partition coefficient (Wildman–Crippen LogP) is 0.831. The van der Waals surface area contributed by atoms with Gasteiger partial charge in [0.2, 0.25) is 5.95 Å². The number of fused-ring (bicyclic) bond motifs is 1. The van der Waals surface area contributed by atoms with E-state index in [4.69, 9.17) is 4.74 Å². The predicted molar refractivity (Wildman–Crippen MR) is 70.8 cm³/mol. The standard InChI is InChI=1S/C11H16BrN5O/c1-18-10-9(12)15-16-11(14-10)17-5-3-7-2-4-13-6-8(7)17/h7-8,13H,2-6H2,1H3. The van der Waals surface area contributed by atoms with Crippen LogP contribution >= 0.6 is 15.9 Å². The first-order valence-electron chi connectivity index (χ1n) is 6.21. The molecule has 2 aliphatic rings. The summed E-state index contributed by atoms with van der Waals surface area (Å²) in [5.41, 5.74) is 0. The number of hydrogen-bond donors (Lipinski definition) is 1. The lowest BCUT2D eigenvalue weighted by molar-refractivity contribution is 0.355. The van der Waals surface area contributed by atoms with E-state index in [0.29, 0.717) is 22.5 Å². The summed E-state index contributed by atoms with van der Waals surface area (Å²) in [6.07, 6.45) is 2.45. The van der Waals surface area contributed by atoms with Gasteiger partial charge in [0, 0.05) is 19.1 Å². The summed E-state index contributed by atoms with van der Waals surface area (Å²) in [6.45, 7) is 3.13. The second kappa shape index (κ2) is 4.97. The van der Waals surface area contributed by atoms with Gasteiger partial charge in [-0.25, -0.2) is 0 Å². The smallest absolute Gasteiger partial charge is 0.252 e. The quantitative estimate of drug-likeness (QED) is 0.872. The van der Waals surface area contributed by atoms with Crippen molar-refractivity contribution in [3.05, 3.63) is 4.60 Å². The van der Waals surface area contributed by atoms with Crippen molar-refractivity contribution in [2.45, 2.75) is 18.9 Å². The van der Waals surface area contributed by atoms with Gasteiger partial charge < -0.3 is 15.0 Å². The van der Waals surface area contributed by atoms with Crippen LogP contribution in [0.25, 0.3) is 0 Å². The molecule has 0 bridgehead atoms. The minimum atomic E-state index is 0.492. The van der Waals surface area contributed by atoms with Gasteiger partial charge in [-0.1, -0.05) is 0 Å². The van der Waals surface area contributed by atoms with Gasteiger partial charge in [0.1, 0.15) is 0 Å². The molecule has 7 heteroatoms. The van der Waals surface area contributed by atoms with E-state index >= 15 is 0 Å². The Balaban J connectivity index is 1.86. The maximum absolute atomic E-state index is 5.18. The van der Waals surface area contributed by atoms with Crippen molar-refractivity contribution < 1.29 is 4.74 Å². The van der Waals surface area contributed by atoms with E-state index in [2.05, 4.69) is 41.3 Å². The van der Waals surface area contributed by atoms with E-state index in [9.17, 15) is 0 Å². The Morgan fingerprint density at radius 1 is 1.39 bits per heavy atom. The molecule has 0 saturated carbocycles. The monoisotopic (exact) mass is 313 g/mol. The number of anilines is 1. The molecule has 3 heterocycles. The van der Waals surface area contributed by atoms with Crippen LogP contribution in [-0.4, -0.2) is 48.0 Å². The third-order valence-corrected chi connectivity index (χ3v) is 4.28. The Morgan fingerprint density at radius 2 is 2.28 bits per heavy atom. The molecular weight excluding hydrogens is 298 g/mol. The third-order valence-electron chi connectivity index (χ3n) is 3.79. The molecule has 2 fully saturated rings. The van der Waals surface area contributed by atoms with Crippen LogP contribution in [-0.2, 0) is 0 Å². The average molecular weight is 314 g/mol. The normalized spacial score (nSPS) is 27.1. The van der Waals surface area contributed by atoms with Crippen LogP contribution < -0.4 is 15.0 Å². The van der Waals surface area contributed by atoms with Gasteiger partial charge in [0.25, 0.3) is 5.88 Å². The third kappa shape index (κ3) is 2.05.